The first-order valence-electron chi connectivity index (χ1n) is 8.87. The molecule has 0 bridgehead atoms. The number of aromatic nitrogens is 1. The van der Waals surface area contributed by atoms with E-state index in [1.807, 2.05) is 72.8 Å². The molecule has 0 aliphatic carbocycles. The molecule has 0 spiro atoms. The maximum absolute atomic E-state index is 12.7. The number of fused-ring (bicyclic) bond motifs is 1. The Morgan fingerprint density at radius 3 is 2.46 bits per heavy atom. The number of nitrogens with zero attached hydrogens (tertiary/aromatic N) is 1. The Morgan fingerprint density at radius 1 is 0.857 bits per heavy atom. The summed E-state index contributed by atoms with van der Waals surface area (Å²) in [6, 6.07) is 23.1. The second-order valence-electron chi connectivity index (χ2n) is 6.50. The summed E-state index contributed by atoms with van der Waals surface area (Å²) in [5, 5.41) is 4.58. The van der Waals surface area contributed by atoms with E-state index in [0.29, 0.717) is 12.3 Å². The zero-order valence-electron chi connectivity index (χ0n) is 15.1. The molecule has 0 N–H and O–H groups in total. The Labute approximate surface area is 168 Å². The fraction of sp³-hybridized carbons (Fsp3) is 0.136. The first kappa shape index (κ1) is 18.7. The maximum Gasteiger partial charge on any atom is 0.160 e. The van der Waals surface area contributed by atoms with Gasteiger partial charge in [0.25, 0.3) is 0 Å². The summed E-state index contributed by atoms with van der Waals surface area (Å²) in [6.45, 7) is 0.331. The van der Waals surface area contributed by atoms with E-state index in [1.54, 1.807) is 5.38 Å². The Hall–Kier alpha value is -2.70. The van der Waals surface area contributed by atoms with E-state index in [4.69, 9.17) is 4.74 Å². The molecule has 1 aromatic heterocycles. The van der Waals surface area contributed by atoms with Gasteiger partial charge in [0, 0.05) is 5.38 Å². The first-order chi connectivity index (χ1) is 13.6. The number of rotatable bonds is 7. The maximum atomic E-state index is 12.7. The highest BCUT2D eigenvalue weighted by molar-refractivity contribution is 7.89. The van der Waals surface area contributed by atoms with Crippen LogP contribution in [0.15, 0.2) is 78.2 Å². The van der Waals surface area contributed by atoms with Crippen molar-refractivity contribution in [2.75, 3.05) is 0 Å². The van der Waals surface area contributed by atoms with Crippen molar-refractivity contribution < 1.29 is 13.2 Å². The van der Waals surface area contributed by atoms with Crippen LogP contribution in [-0.2, 0) is 27.9 Å². The number of benzene rings is 3. The third-order valence-corrected chi connectivity index (χ3v) is 6.69. The van der Waals surface area contributed by atoms with Crippen molar-refractivity contribution in [3.05, 3.63) is 94.4 Å². The summed E-state index contributed by atoms with van der Waals surface area (Å²) in [6.07, 6.45) is 0. The minimum atomic E-state index is -3.33. The van der Waals surface area contributed by atoms with Crippen molar-refractivity contribution >= 4 is 31.9 Å². The molecule has 0 atom stereocenters. The molecule has 0 saturated carbocycles. The van der Waals surface area contributed by atoms with Gasteiger partial charge in [0.2, 0.25) is 0 Å². The number of thiazole rings is 1. The molecule has 4 aromatic rings. The molecule has 6 heteroatoms. The second-order valence-corrected chi connectivity index (χ2v) is 9.51. The summed E-state index contributed by atoms with van der Waals surface area (Å²) in [7, 11) is -3.33. The molecule has 0 amide bonds. The molecule has 3 aromatic carbocycles. The minimum Gasteiger partial charge on any atom is -0.486 e. The largest absolute Gasteiger partial charge is 0.486 e. The molecule has 0 aliphatic heterocycles. The molecular formula is C22H19NO3S2. The molecule has 0 saturated heterocycles. The van der Waals surface area contributed by atoms with Gasteiger partial charge in [-0.2, -0.15) is 0 Å². The first-order valence-corrected chi connectivity index (χ1v) is 11.6. The molecule has 0 fully saturated rings. The molecule has 4 rings (SSSR count). The van der Waals surface area contributed by atoms with Gasteiger partial charge in [0.15, 0.2) is 9.84 Å². The van der Waals surface area contributed by atoms with E-state index >= 15 is 0 Å². The van der Waals surface area contributed by atoms with Gasteiger partial charge in [-0.05, 0) is 28.5 Å². The smallest absolute Gasteiger partial charge is 0.160 e. The highest BCUT2D eigenvalue weighted by atomic mass is 32.2. The van der Waals surface area contributed by atoms with Crippen molar-refractivity contribution in [3.63, 3.8) is 0 Å². The Balaban J connectivity index is 1.44. The van der Waals surface area contributed by atoms with E-state index < -0.39 is 9.84 Å². The average Bonchev–Trinajstić information content (AvgIpc) is 3.14. The highest BCUT2D eigenvalue weighted by Crippen LogP contribution is 2.23. The van der Waals surface area contributed by atoms with Gasteiger partial charge in [-0.3, -0.25) is 0 Å². The van der Waals surface area contributed by atoms with E-state index in [-0.39, 0.29) is 11.5 Å². The van der Waals surface area contributed by atoms with Gasteiger partial charge >= 0.3 is 0 Å². The topological polar surface area (TPSA) is 56.3 Å². The van der Waals surface area contributed by atoms with Crippen LogP contribution in [0, 0.1) is 0 Å². The normalized spacial score (nSPS) is 11.6. The summed E-state index contributed by atoms with van der Waals surface area (Å²) >= 11 is 1.42. The van der Waals surface area contributed by atoms with Crippen molar-refractivity contribution in [2.24, 2.45) is 0 Å². The molecule has 4 nitrogen and oxygen atoms in total. The third kappa shape index (κ3) is 4.58. The summed E-state index contributed by atoms with van der Waals surface area (Å²) in [5.41, 5.74) is 1.39. The lowest BCUT2D eigenvalue weighted by Gasteiger charge is -2.07. The molecular weight excluding hydrogens is 390 g/mol. The lowest BCUT2D eigenvalue weighted by Crippen LogP contribution is -2.08. The second kappa shape index (κ2) is 8.12. The van der Waals surface area contributed by atoms with Crippen LogP contribution < -0.4 is 4.74 Å². The van der Waals surface area contributed by atoms with Crippen LogP contribution in [0.2, 0.25) is 0 Å². The van der Waals surface area contributed by atoms with Crippen LogP contribution in [0.5, 0.6) is 5.75 Å². The summed E-state index contributed by atoms with van der Waals surface area (Å²) < 4.78 is 31.1. The van der Waals surface area contributed by atoms with E-state index in [9.17, 15) is 8.42 Å². The van der Waals surface area contributed by atoms with Crippen LogP contribution in [0.1, 0.15) is 16.3 Å². The zero-order chi connectivity index (χ0) is 19.4. The van der Waals surface area contributed by atoms with Crippen LogP contribution in [-0.4, -0.2) is 13.4 Å². The lowest BCUT2D eigenvalue weighted by atomic mass is 10.1. The molecule has 0 radical (unpaired) electrons. The van der Waals surface area contributed by atoms with Gasteiger partial charge < -0.3 is 4.74 Å². The number of sulfone groups is 1. The van der Waals surface area contributed by atoms with Crippen molar-refractivity contribution in [3.8, 4) is 5.75 Å². The quantitative estimate of drug-likeness (QED) is 0.431. The van der Waals surface area contributed by atoms with Crippen molar-refractivity contribution in [1.82, 2.24) is 4.98 Å². The fourth-order valence-electron chi connectivity index (χ4n) is 3.07. The SMILES string of the molecule is O=S(=O)(Cc1csc(COc2ccccc2)n1)Cc1cccc2ccccc12. The van der Waals surface area contributed by atoms with Crippen LogP contribution in [0.4, 0.5) is 0 Å². The van der Waals surface area contributed by atoms with Gasteiger partial charge in [-0.1, -0.05) is 60.7 Å². The third-order valence-electron chi connectivity index (χ3n) is 4.33. The number of ether oxygens (including phenoxy) is 1. The summed E-state index contributed by atoms with van der Waals surface area (Å²) in [5.74, 6) is 0.697. The van der Waals surface area contributed by atoms with Gasteiger partial charge in [-0.15, -0.1) is 11.3 Å². The standard InChI is InChI=1S/C22H19NO3S2/c24-28(25,15-18-9-6-8-17-7-4-5-12-21(17)18)16-19-14-27-22(23-19)13-26-20-10-2-1-3-11-20/h1-12,14H,13,15-16H2. The zero-order valence-corrected chi connectivity index (χ0v) is 16.7. The van der Waals surface area contributed by atoms with E-state index in [0.717, 1.165) is 27.1 Å². The van der Waals surface area contributed by atoms with Crippen molar-refractivity contribution in [2.45, 2.75) is 18.1 Å². The predicted molar refractivity (Wildman–Crippen MR) is 113 cm³/mol. The number of hydrogen-bond acceptors (Lipinski definition) is 5. The van der Waals surface area contributed by atoms with Gasteiger partial charge in [0.05, 0.1) is 17.2 Å². The van der Waals surface area contributed by atoms with Crippen LogP contribution >= 0.6 is 11.3 Å². The van der Waals surface area contributed by atoms with Gasteiger partial charge in [-0.25, -0.2) is 13.4 Å². The van der Waals surface area contributed by atoms with Crippen LogP contribution in [0.25, 0.3) is 10.8 Å². The molecule has 28 heavy (non-hydrogen) atoms. The lowest BCUT2D eigenvalue weighted by molar-refractivity contribution is 0.305. The number of hydrogen-bond donors (Lipinski definition) is 0. The predicted octanol–water partition coefficient (Wildman–Crippen LogP) is 4.99. The molecule has 0 unspecified atom stereocenters. The monoisotopic (exact) mass is 409 g/mol. The van der Waals surface area contributed by atoms with E-state index in [1.165, 1.54) is 11.3 Å². The number of para-hydroxylation sites is 1. The summed E-state index contributed by atoms with van der Waals surface area (Å²) in [4.78, 5) is 4.43. The fourth-order valence-corrected chi connectivity index (χ4v) is 5.31. The average molecular weight is 410 g/mol. The molecule has 0 aliphatic rings. The Morgan fingerprint density at radius 2 is 1.61 bits per heavy atom. The van der Waals surface area contributed by atoms with Crippen molar-refractivity contribution in [1.29, 1.82) is 0 Å². The minimum absolute atomic E-state index is 0.00171. The van der Waals surface area contributed by atoms with Gasteiger partial charge in [0.1, 0.15) is 17.4 Å². The molecule has 1 heterocycles. The highest BCUT2D eigenvalue weighted by Gasteiger charge is 2.17. The molecule has 142 valence electrons. The van der Waals surface area contributed by atoms with E-state index in [2.05, 4.69) is 4.98 Å². The Bertz CT molecular complexity index is 1180. The Kier molecular flexibility index (Phi) is 5.41. The van der Waals surface area contributed by atoms with Crippen LogP contribution in [0.3, 0.4) is 0 Å².